The number of nitrogens with one attached hydrogen (secondary N) is 2. The average Bonchev–Trinajstić information content (AvgIpc) is 3.17. The molecule has 0 spiro atoms. The molecule has 9 nitrogen and oxygen atoms in total. The fraction of sp³-hybridized carbons (Fsp3) is 0.0526. The van der Waals surface area contributed by atoms with Gasteiger partial charge in [0, 0.05) is 10.0 Å². The molecular formula is C19H12BrClN4O5S2. The number of nitrogens with zero attached hydrogens (tertiary/aromatic N) is 2. The Morgan fingerprint density at radius 2 is 1.94 bits per heavy atom. The van der Waals surface area contributed by atoms with Crippen LogP contribution < -0.4 is 14.9 Å². The molecule has 0 aliphatic carbocycles. The number of aromatic nitrogens is 1. The largest absolute Gasteiger partial charge is 0.333 e. The number of sulfonamides is 1. The molecule has 0 unspecified atom stereocenters. The van der Waals surface area contributed by atoms with Crippen LogP contribution in [0.25, 0.3) is 0 Å². The lowest BCUT2D eigenvalue weighted by Gasteiger charge is -2.26. The summed E-state index contributed by atoms with van der Waals surface area (Å²) in [5.74, 6) is -0.863. The van der Waals surface area contributed by atoms with E-state index in [1.54, 1.807) is 18.2 Å². The first-order valence-corrected chi connectivity index (χ1v) is 12.3. The van der Waals surface area contributed by atoms with E-state index in [2.05, 4.69) is 26.2 Å². The highest BCUT2D eigenvalue weighted by atomic mass is 79.9. The van der Waals surface area contributed by atoms with E-state index in [0.717, 1.165) is 16.2 Å². The minimum absolute atomic E-state index is 0.0447. The molecule has 0 atom stereocenters. The Hall–Kier alpha value is -2.80. The van der Waals surface area contributed by atoms with Gasteiger partial charge in [0.05, 0.1) is 22.6 Å². The van der Waals surface area contributed by atoms with Gasteiger partial charge in [-0.15, -0.1) is 11.3 Å². The quantitative estimate of drug-likeness (QED) is 0.472. The Morgan fingerprint density at radius 3 is 2.59 bits per heavy atom. The number of benzene rings is 1. The predicted octanol–water partition coefficient (Wildman–Crippen LogP) is 3.80. The molecule has 4 amide bonds. The number of imide groups is 1. The zero-order valence-corrected chi connectivity index (χ0v) is 19.8. The van der Waals surface area contributed by atoms with Crippen LogP contribution in [0.4, 0.5) is 16.3 Å². The van der Waals surface area contributed by atoms with Crippen LogP contribution in [0, 0.1) is 0 Å². The number of hydrogen-bond acceptors (Lipinski definition) is 7. The maximum Gasteiger partial charge on any atom is 0.333 e. The number of fused-ring (bicyclic) bond motifs is 1. The van der Waals surface area contributed by atoms with E-state index in [-0.39, 0.29) is 26.5 Å². The van der Waals surface area contributed by atoms with Crippen molar-refractivity contribution in [2.75, 3.05) is 10.2 Å². The molecule has 1 aliphatic rings. The number of hydrogen-bond donors (Lipinski definition) is 2. The molecule has 0 radical (unpaired) electrons. The van der Waals surface area contributed by atoms with Crippen LogP contribution in [0.1, 0.15) is 15.9 Å². The number of rotatable bonds is 4. The summed E-state index contributed by atoms with van der Waals surface area (Å²) in [4.78, 5) is 42.5. The van der Waals surface area contributed by atoms with Crippen molar-refractivity contribution >= 4 is 78.2 Å². The number of carbonyl (C=O) groups is 3. The third-order valence-corrected chi connectivity index (χ3v) is 7.92. The second-order valence-corrected chi connectivity index (χ2v) is 11.1. The molecule has 2 aromatic heterocycles. The summed E-state index contributed by atoms with van der Waals surface area (Å²) in [5, 5.41) is 2.34. The molecule has 3 heterocycles. The van der Waals surface area contributed by atoms with Gasteiger partial charge in [0.2, 0.25) is 5.91 Å². The van der Waals surface area contributed by atoms with Gasteiger partial charge in [0.25, 0.3) is 15.9 Å². The molecule has 32 heavy (non-hydrogen) atoms. The Labute approximate surface area is 199 Å². The standard InChI is InChI=1S/C19H12BrClN4O5S2/c20-11-2-1-10-7-16(26)25(18(27)13(10)8-11)15-5-3-12(9-22-15)23-19(28)24-32(29,30)17-6-4-14(21)31-17/h1-6,8-9H,7H2,(H2,23,24,28). The third kappa shape index (κ3) is 4.53. The lowest BCUT2D eigenvalue weighted by atomic mass is 9.98. The zero-order valence-electron chi connectivity index (χ0n) is 15.8. The van der Waals surface area contributed by atoms with Crippen LogP contribution in [-0.4, -0.2) is 31.2 Å². The molecule has 2 N–H and O–H groups in total. The van der Waals surface area contributed by atoms with Crippen molar-refractivity contribution in [3.63, 3.8) is 0 Å². The van der Waals surface area contributed by atoms with E-state index in [4.69, 9.17) is 11.6 Å². The summed E-state index contributed by atoms with van der Waals surface area (Å²) in [6, 6.07) is 9.56. The highest BCUT2D eigenvalue weighted by Crippen LogP contribution is 2.28. The highest BCUT2D eigenvalue weighted by Gasteiger charge is 2.33. The minimum Gasteiger partial charge on any atom is -0.306 e. The number of halogens is 2. The number of pyridine rings is 1. The van der Waals surface area contributed by atoms with E-state index >= 15 is 0 Å². The number of anilines is 2. The Bertz CT molecular complexity index is 1360. The Morgan fingerprint density at radius 1 is 1.16 bits per heavy atom. The van der Waals surface area contributed by atoms with Gasteiger partial charge in [0.1, 0.15) is 10.0 Å². The van der Waals surface area contributed by atoms with Crippen molar-refractivity contribution in [3.05, 3.63) is 68.6 Å². The van der Waals surface area contributed by atoms with Gasteiger partial charge in [-0.2, -0.15) is 0 Å². The van der Waals surface area contributed by atoms with Crippen molar-refractivity contribution in [2.24, 2.45) is 0 Å². The first kappa shape index (κ1) is 22.4. The van der Waals surface area contributed by atoms with Crippen LogP contribution in [0.3, 0.4) is 0 Å². The van der Waals surface area contributed by atoms with Crippen molar-refractivity contribution in [1.82, 2.24) is 9.71 Å². The fourth-order valence-corrected chi connectivity index (χ4v) is 5.72. The summed E-state index contributed by atoms with van der Waals surface area (Å²) >= 11 is 9.85. The molecule has 4 rings (SSSR count). The lowest BCUT2D eigenvalue weighted by molar-refractivity contribution is -0.117. The second-order valence-electron chi connectivity index (χ2n) is 6.54. The maximum absolute atomic E-state index is 12.8. The molecule has 0 saturated carbocycles. The van der Waals surface area contributed by atoms with Crippen LogP contribution in [0.2, 0.25) is 4.34 Å². The molecular weight excluding hydrogens is 544 g/mol. The van der Waals surface area contributed by atoms with Gasteiger partial charge in [-0.1, -0.05) is 33.6 Å². The molecule has 0 saturated heterocycles. The molecule has 13 heteroatoms. The molecule has 3 aromatic rings. The molecule has 1 aromatic carbocycles. The summed E-state index contributed by atoms with van der Waals surface area (Å²) in [6.07, 6.45) is 1.25. The van der Waals surface area contributed by atoms with Gasteiger partial charge < -0.3 is 5.32 Å². The predicted molar refractivity (Wildman–Crippen MR) is 123 cm³/mol. The molecule has 1 aliphatic heterocycles. The number of thiophene rings is 1. The number of amides is 4. The topological polar surface area (TPSA) is 126 Å². The van der Waals surface area contributed by atoms with E-state index in [0.29, 0.717) is 15.6 Å². The van der Waals surface area contributed by atoms with Gasteiger partial charge in [-0.3, -0.25) is 9.59 Å². The average molecular weight is 556 g/mol. The second kappa shape index (κ2) is 8.62. The van der Waals surface area contributed by atoms with Crippen molar-refractivity contribution in [2.45, 2.75) is 10.6 Å². The molecule has 164 valence electrons. The summed E-state index contributed by atoms with van der Waals surface area (Å²) < 4.78 is 27.1. The van der Waals surface area contributed by atoms with Gasteiger partial charge in [-0.25, -0.2) is 27.8 Å². The minimum atomic E-state index is -4.08. The van der Waals surface area contributed by atoms with E-state index in [1.807, 2.05) is 4.72 Å². The van der Waals surface area contributed by atoms with E-state index in [1.165, 1.54) is 30.5 Å². The van der Waals surface area contributed by atoms with Crippen LogP contribution in [0.15, 0.2) is 57.3 Å². The smallest absolute Gasteiger partial charge is 0.306 e. The molecule has 0 fully saturated rings. The third-order valence-electron chi connectivity index (χ3n) is 4.37. The Balaban J connectivity index is 1.48. The SMILES string of the molecule is O=C(Nc1ccc(N2C(=O)Cc3ccc(Br)cc3C2=O)nc1)NS(=O)(=O)c1ccc(Cl)s1. The normalized spacial score (nSPS) is 13.6. The van der Waals surface area contributed by atoms with Gasteiger partial charge >= 0.3 is 6.03 Å². The van der Waals surface area contributed by atoms with E-state index in [9.17, 15) is 22.8 Å². The zero-order chi connectivity index (χ0) is 23.0. The van der Waals surface area contributed by atoms with E-state index < -0.39 is 27.9 Å². The number of urea groups is 1. The first-order chi connectivity index (χ1) is 15.1. The van der Waals surface area contributed by atoms with Crippen molar-refractivity contribution in [3.8, 4) is 0 Å². The maximum atomic E-state index is 12.8. The summed E-state index contributed by atoms with van der Waals surface area (Å²) in [5.41, 5.74) is 1.18. The van der Waals surface area contributed by atoms with Crippen molar-refractivity contribution < 1.29 is 22.8 Å². The first-order valence-electron chi connectivity index (χ1n) is 8.85. The van der Waals surface area contributed by atoms with Crippen molar-refractivity contribution in [1.29, 1.82) is 0 Å². The van der Waals surface area contributed by atoms with Crippen LogP contribution in [0.5, 0.6) is 0 Å². The molecule has 0 bridgehead atoms. The number of carbonyl (C=O) groups excluding carboxylic acids is 3. The lowest BCUT2D eigenvalue weighted by Crippen LogP contribution is -2.43. The van der Waals surface area contributed by atoms with Gasteiger partial charge in [0.15, 0.2) is 0 Å². The monoisotopic (exact) mass is 554 g/mol. The van der Waals surface area contributed by atoms with Crippen LogP contribution >= 0.6 is 38.9 Å². The highest BCUT2D eigenvalue weighted by molar-refractivity contribution is 9.10. The Kier molecular flexibility index (Phi) is 6.03. The van der Waals surface area contributed by atoms with Crippen LogP contribution in [-0.2, 0) is 21.2 Å². The fourth-order valence-electron chi connectivity index (χ4n) is 2.97. The van der Waals surface area contributed by atoms with Gasteiger partial charge in [-0.05, 0) is 42.0 Å². The summed E-state index contributed by atoms with van der Waals surface area (Å²) in [6.45, 7) is 0. The summed E-state index contributed by atoms with van der Waals surface area (Å²) in [7, 11) is -4.08.